The van der Waals surface area contributed by atoms with Crippen LogP contribution in [-0.4, -0.2) is 38.3 Å². The monoisotopic (exact) mass is 270 g/mol. The van der Waals surface area contributed by atoms with Crippen molar-refractivity contribution in [1.29, 1.82) is 0 Å². The SMILES string of the molecule is CCOC(=O)c1nnn(CC(O)(CC)CC)c1CN. The van der Waals surface area contributed by atoms with Gasteiger partial charge in [-0.3, -0.25) is 0 Å². The Labute approximate surface area is 112 Å². The van der Waals surface area contributed by atoms with Gasteiger partial charge in [0.05, 0.1) is 24.4 Å². The number of carbonyl (C=O) groups excluding carboxylic acids is 1. The van der Waals surface area contributed by atoms with Crippen molar-refractivity contribution in [1.82, 2.24) is 15.0 Å². The summed E-state index contributed by atoms with van der Waals surface area (Å²) >= 11 is 0. The molecule has 108 valence electrons. The summed E-state index contributed by atoms with van der Waals surface area (Å²) in [5.74, 6) is -0.536. The molecule has 0 unspecified atom stereocenters. The maximum absolute atomic E-state index is 11.7. The van der Waals surface area contributed by atoms with Crippen LogP contribution in [0.5, 0.6) is 0 Å². The van der Waals surface area contributed by atoms with E-state index >= 15 is 0 Å². The third kappa shape index (κ3) is 3.51. The van der Waals surface area contributed by atoms with Gasteiger partial charge < -0.3 is 15.6 Å². The molecule has 1 rings (SSSR count). The molecule has 0 aliphatic carbocycles. The molecule has 0 fully saturated rings. The first-order valence-electron chi connectivity index (χ1n) is 6.53. The summed E-state index contributed by atoms with van der Waals surface area (Å²) in [6.07, 6.45) is 1.17. The van der Waals surface area contributed by atoms with Gasteiger partial charge in [0.15, 0.2) is 5.69 Å². The zero-order valence-corrected chi connectivity index (χ0v) is 11.7. The molecule has 0 spiro atoms. The molecule has 0 aromatic carbocycles. The highest BCUT2D eigenvalue weighted by atomic mass is 16.5. The van der Waals surface area contributed by atoms with Crippen LogP contribution < -0.4 is 5.73 Å². The summed E-state index contributed by atoms with van der Waals surface area (Å²) in [7, 11) is 0. The Balaban J connectivity index is 3.01. The minimum absolute atomic E-state index is 0.116. The molecule has 3 N–H and O–H groups in total. The molecule has 1 aromatic rings. The fourth-order valence-corrected chi connectivity index (χ4v) is 1.77. The van der Waals surface area contributed by atoms with E-state index in [2.05, 4.69) is 10.3 Å². The molecule has 7 heteroatoms. The van der Waals surface area contributed by atoms with E-state index in [1.54, 1.807) is 6.92 Å². The van der Waals surface area contributed by atoms with Crippen molar-refractivity contribution in [2.75, 3.05) is 6.61 Å². The summed E-state index contributed by atoms with van der Waals surface area (Å²) in [4.78, 5) is 11.7. The van der Waals surface area contributed by atoms with Gasteiger partial charge in [-0.15, -0.1) is 5.10 Å². The highest BCUT2D eigenvalue weighted by Crippen LogP contribution is 2.18. The second kappa shape index (κ2) is 6.63. The van der Waals surface area contributed by atoms with E-state index in [1.165, 1.54) is 4.68 Å². The summed E-state index contributed by atoms with van der Waals surface area (Å²) in [6.45, 7) is 6.16. The Morgan fingerprint density at radius 3 is 2.53 bits per heavy atom. The van der Waals surface area contributed by atoms with Crippen molar-refractivity contribution < 1.29 is 14.6 Å². The fourth-order valence-electron chi connectivity index (χ4n) is 1.77. The minimum Gasteiger partial charge on any atom is -0.461 e. The molecule has 1 aromatic heterocycles. The standard InChI is InChI=1S/C12H22N4O3/c1-4-12(18,5-2)8-16-9(7-13)10(14-15-16)11(17)19-6-3/h18H,4-8,13H2,1-3H3. The third-order valence-corrected chi connectivity index (χ3v) is 3.26. The number of ether oxygens (including phenoxy) is 1. The Kier molecular flexibility index (Phi) is 5.44. The van der Waals surface area contributed by atoms with E-state index in [9.17, 15) is 9.90 Å². The third-order valence-electron chi connectivity index (χ3n) is 3.26. The van der Waals surface area contributed by atoms with Gasteiger partial charge in [-0.1, -0.05) is 19.1 Å². The zero-order chi connectivity index (χ0) is 14.5. The Morgan fingerprint density at radius 1 is 1.42 bits per heavy atom. The second-order valence-corrected chi connectivity index (χ2v) is 4.40. The van der Waals surface area contributed by atoms with Gasteiger partial charge in [0, 0.05) is 6.54 Å². The van der Waals surface area contributed by atoms with Gasteiger partial charge in [-0.25, -0.2) is 9.48 Å². The smallest absolute Gasteiger partial charge is 0.360 e. The second-order valence-electron chi connectivity index (χ2n) is 4.40. The Bertz CT molecular complexity index is 427. The topological polar surface area (TPSA) is 103 Å². The van der Waals surface area contributed by atoms with Crippen LogP contribution in [0, 0.1) is 0 Å². The molecule has 0 bridgehead atoms. The van der Waals surface area contributed by atoms with Crippen LogP contribution in [0.2, 0.25) is 0 Å². The molecular weight excluding hydrogens is 248 g/mol. The Hall–Kier alpha value is -1.47. The lowest BCUT2D eigenvalue weighted by Crippen LogP contribution is -2.34. The lowest BCUT2D eigenvalue weighted by molar-refractivity contribution is 0.0106. The van der Waals surface area contributed by atoms with Crippen LogP contribution in [0.15, 0.2) is 0 Å². The van der Waals surface area contributed by atoms with E-state index in [-0.39, 0.29) is 25.4 Å². The minimum atomic E-state index is -0.871. The van der Waals surface area contributed by atoms with Gasteiger partial charge in [0.1, 0.15) is 0 Å². The van der Waals surface area contributed by atoms with E-state index in [0.29, 0.717) is 18.5 Å². The van der Waals surface area contributed by atoms with Crippen LogP contribution in [0.3, 0.4) is 0 Å². The van der Waals surface area contributed by atoms with Crippen LogP contribution in [0.4, 0.5) is 0 Å². The highest BCUT2D eigenvalue weighted by molar-refractivity contribution is 5.88. The number of nitrogens with two attached hydrogens (primary N) is 1. The number of rotatable bonds is 7. The molecule has 1 heterocycles. The molecule has 0 aliphatic heterocycles. The Morgan fingerprint density at radius 2 is 2.05 bits per heavy atom. The molecule has 0 radical (unpaired) electrons. The van der Waals surface area contributed by atoms with E-state index < -0.39 is 11.6 Å². The van der Waals surface area contributed by atoms with Crippen molar-refractivity contribution >= 4 is 5.97 Å². The van der Waals surface area contributed by atoms with Gasteiger partial charge in [-0.2, -0.15) is 0 Å². The molecule has 0 atom stereocenters. The van der Waals surface area contributed by atoms with Gasteiger partial charge >= 0.3 is 5.97 Å². The maximum atomic E-state index is 11.7. The van der Waals surface area contributed by atoms with Crippen molar-refractivity contribution in [2.45, 2.75) is 52.3 Å². The van der Waals surface area contributed by atoms with E-state index in [0.717, 1.165) is 0 Å². The number of hydrogen-bond acceptors (Lipinski definition) is 6. The fraction of sp³-hybridized carbons (Fsp3) is 0.750. The van der Waals surface area contributed by atoms with Crippen LogP contribution in [-0.2, 0) is 17.8 Å². The lowest BCUT2D eigenvalue weighted by Gasteiger charge is -2.25. The van der Waals surface area contributed by atoms with E-state index in [1.807, 2.05) is 13.8 Å². The predicted molar refractivity (Wildman–Crippen MR) is 69.4 cm³/mol. The van der Waals surface area contributed by atoms with Crippen molar-refractivity contribution in [3.8, 4) is 0 Å². The van der Waals surface area contributed by atoms with Crippen LogP contribution >= 0.6 is 0 Å². The van der Waals surface area contributed by atoms with Gasteiger partial charge in [0.25, 0.3) is 0 Å². The number of nitrogens with zero attached hydrogens (tertiary/aromatic N) is 3. The predicted octanol–water partition coefficient (Wildman–Crippen LogP) is 0.465. The maximum Gasteiger partial charge on any atom is 0.360 e. The average molecular weight is 270 g/mol. The number of hydrogen-bond donors (Lipinski definition) is 2. The van der Waals surface area contributed by atoms with Crippen molar-refractivity contribution in [2.24, 2.45) is 5.73 Å². The first-order chi connectivity index (χ1) is 9.01. The zero-order valence-electron chi connectivity index (χ0n) is 11.7. The molecule has 0 aliphatic rings. The summed E-state index contributed by atoms with van der Waals surface area (Å²) in [6, 6.07) is 0. The lowest BCUT2D eigenvalue weighted by atomic mass is 9.97. The normalized spacial score (nSPS) is 11.6. The molecular formula is C12H22N4O3. The van der Waals surface area contributed by atoms with Crippen LogP contribution in [0.25, 0.3) is 0 Å². The molecule has 0 saturated carbocycles. The molecule has 19 heavy (non-hydrogen) atoms. The van der Waals surface area contributed by atoms with Crippen LogP contribution in [0.1, 0.15) is 49.8 Å². The highest BCUT2D eigenvalue weighted by Gasteiger charge is 2.27. The van der Waals surface area contributed by atoms with Crippen molar-refractivity contribution in [3.63, 3.8) is 0 Å². The first-order valence-corrected chi connectivity index (χ1v) is 6.53. The number of aromatic nitrogens is 3. The molecule has 7 nitrogen and oxygen atoms in total. The number of carbonyl (C=O) groups is 1. The number of esters is 1. The quantitative estimate of drug-likeness (QED) is 0.698. The number of aliphatic hydroxyl groups is 1. The molecule has 0 saturated heterocycles. The first kappa shape index (κ1) is 15.6. The van der Waals surface area contributed by atoms with E-state index in [4.69, 9.17) is 10.5 Å². The summed E-state index contributed by atoms with van der Waals surface area (Å²) in [5.41, 5.74) is 5.38. The van der Waals surface area contributed by atoms with Gasteiger partial charge in [-0.05, 0) is 19.8 Å². The largest absolute Gasteiger partial charge is 0.461 e. The van der Waals surface area contributed by atoms with Crippen molar-refractivity contribution in [3.05, 3.63) is 11.4 Å². The molecule has 0 amide bonds. The van der Waals surface area contributed by atoms with Gasteiger partial charge in [0.2, 0.25) is 0 Å². The average Bonchev–Trinajstić information content (AvgIpc) is 2.81. The summed E-state index contributed by atoms with van der Waals surface area (Å²) < 4.78 is 6.38. The summed E-state index contributed by atoms with van der Waals surface area (Å²) in [5, 5.41) is 18.0.